The fraction of sp³-hybridized carbons (Fsp3) is 0.333. The van der Waals surface area contributed by atoms with Gasteiger partial charge in [0.1, 0.15) is 11.3 Å². The molecule has 8 nitrogen and oxygen atoms in total. The molecular weight excluding hydrogens is 440 g/mol. The predicted molar refractivity (Wildman–Crippen MR) is 113 cm³/mol. The molecule has 2 atom stereocenters. The van der Waals surface area contributed by atoms with Gasteiger partial charge in [0.15, 0.2) is 0 Å². The summed E-state index contributed by atoms with van der Waals surface area (Å²) in [7, 11) is -2.85. The molecule has 0 aliphatic heterocycles. The molecule has 1 aromatic carbocycles. The highest BCUT2D eigenvalue weighted by molar-refractivity contribution is 7.95. The monoisotopic (exact) mass is 461 g/mol. The topological polar surface area (TPSA) is 117 Å². The van der Waals surface area contributed by atoms with Crippen LogP contribution in [0.4, 0.5) is 8.78 Å². The minimum atomic E-state index is -3.32. The standard InChI is InChI=1S/C21H21F2N5O3S/c1-21(22,23)20-25-12-16(19(28-20)31-15-6-4-3-5-7-15)18(29)27-17(14-8-9-14)10-11-32(2,30)26-13-24/h3-7,10-12,14,17H,8-9H2,1-2H3,(H,27,29)/b11-10+. The maximum atomic E-state index is 13.8. The minimum Gasteiger partial charge on any atom is -0.438 e. The number of amides is 1. The molecule has 1 N–H and O–H groups in total. The summed E-state index contributed by atoms with van der Waals surface area (Å²) in [4.78, 5) is 20.4. The van der Waals surface area contributed by atoms with E-state index < -0.39 is 33.4 Å². The maximum Gasteiger partial charge on any atom is 0.303 e. The average molecular weight is 461 g/mol. The van der Waals surface area contributed by atoms with E-state index in [2.05, 4.69) is 19.6 Å². The van der Waals surface area contributed by atoms with E-state index in [4.69, 9.17) is 10.00 Å². The van der Waals surface area contributed by atoms with Gasteiger partial charge < -0.3 is 10.1 Å². The van der Waals surface area contributed by atoms with Crippen molar-refractivity contribution >= 4 is 15.6 Å². The first-order valence-corrected chi connectivity index (χ1v) is 11.7. The van der Waals surface area contributed by atoms with Gasteiger partial charge in [0.05, 0.1) is 15.8 Å². The Morgan fingerprint density at radius 2 is 2.09 bits per heavy atom. The molecule has 2 aromatic rings. The van der Waals surface area contributed by atoms with Crippen LogP contribution < -0.4 is 10.1 Å². The lowest BCUT2D eigenvalue weighted by molar-refractivity contribution is 0.00707. The van der Waals surface area contributed by atoms with Crippen molar-refractivity contribution in [2.75, 3.05) is 6.26 Å². The van der Waals surface area contributed by atoms with Crippen molar-refractivity contribution in [2.45, 2.75) is 31.7 Å². The SMILES string of the molecule is CC(F)(F)c1ncc(C(=O)NC(/C=C/S(C)(=O)=NC#N)C2CC2)c(Oc2ccccc2)n1. The lowest BCUT2D eigenvalue weighted by Crippen LogP contribution is -2.35. The number of nitrogens with one attached hydrogen (secondary N) is 1. The zero-order valence-corrected chi connectivity index (χ0v) is 18.2. The summed E-state index contributed by atoms with van der Waals surface area (Å²) >= 11 is 0. The zero-order chi connectivity index (χ0) is 23.4. The van der Waals surface area contributed by atoms with Crippen molar-refractivity contribution in [3.63, 3.8) is 0 Å². The molecule has 1 amide bonds. The number of carbonyl (C=O) groups excluding carboxylic acids is 1. The number of para-hydroxylation sites is 1. The van der Waals surface area contributed by atoms with Crippen molar-refractivity contribution in [2.24, 2.45) is 10.3 Å². The van der Waals surface area contributed by atoms with E-state index in [-0.39, 0.29) is 17.4 Å². The van der Waals surface area contributed by atoms with Crippen molar-refractivity contribution in [3.05, 3.63) is 59.4 Å². The number of hydrogen-bond acceptors (Lipinski definition) is 7. The van der Waals surface area contributed by atoms with Crippen LogP contribution >= 0.6 is 0 Å². The number of halogens is 2. The fourth-order valence-corrected chi connectivity index (χ4v) is 3.44. The van der Waals surface area contributed by atoms with Gasteiger partial charge in [-0.25, -0.2) is 9.19 Å². The molecular formula is C21H21F2N5O3S. The summed E-state index contributed by atoms with van der Waals surface area (Å²) in [6.45, 7) is 0.650. The van der Waals surface area contributed by atoms with Crippen LogP contribution in [0.2, 0.25) is 0 Å². The lowest BCUT2D eigenvalue weighted by Gasteiger charge is -2.17. The summed E-state index contributed by atoms with van der Waals surface area (Å²) in [5.74, 6) is -4.61. The van der Waals surface area contributed by atoms with Gasteiger partial charge >= 0.3 is 5.92 Å². The van der Waals surface area contributed by atoms with Gasteiger partial charge in [-0.05, 0) is 30.9 Å². The molecule has 1 heterocycles. The second kappa shape index (κ2) is 9.40. The summed E-state index contributed by atoms with van der Waals surface area (Å²) in [6.07, 6.45) is 7.04. The van der Waals surface area contributed by atoms with E-state index in [0.717, 1.165) is 19.0 Å². The number of alkyl halides is 2. The van der Waals surface area contributed by atoms with Crippen LogP contribution in [0, 0.1) is 17.4 Å². The Balaban J connectivity index is 1.90. The number of benzene rings is 1. The summed E-state index contributed by atoms with van der Waals surface area (Å²) in [5.41, 5.74) is -0.125. The number of ether oxygens (including phenoxy) is 1. The van der Waals surface area contributed by atoms with Crippen LogP contribution in [0.25, 0.3) is 0 Å². The Bertz CT molecular complexity index is 1180. The fourth-order valence-electron chi connectivity index (χ4n) is 2.76. The van der Waals surface area contributed by atoms with Crippen LogP contribution in [0.1, 0.15) is 35.9 Å². The van der Waals surface area contributed by atoms with E-state index >= 15 is 0 Å². The highest BCUT2D eigenvalue weighted by Crippen LogP contribution is 2.34. The summed E-state index contributed by atoms with van der Waals surface area (Å²) in [6, 6.07) is 7.83. The number of hydrogen-bond donors (Lipinski definition) is 1. The van der Waals surface area contributed by atoms with Crippen molar-refractivity contribution in [1.82, 2.24) is 15.3 Å². The highest BCUT2D eigenvalue weighted by Gasteiger charge is 2.33. The molecule has 0 saturated heterocycles. The lowest BCUT2D eigenvalue weighted by atomic mass is 10.1. The highest BCUT2D eigenvalue weighted by atomic mass is 32.2. The average Bonchev–Trinajstić information content (AvgIpc) is 3.56. The molecule has 1 fully saturated rings. The van der Waals surface area contributed by atoms with Gasteiger partial charge in [0.25, 0.3) is 5.91 Å². The van der Waals surface area contributed by atoms with Crippen molar-refractivity contribution < 1.29 is 22.5 Å². The van der Waals surface area contributed by atoms with E-state index in [1.165, 1.54) is 23.9 Å². The van der Waals surface area contributed by atoms with Crippen molar-refractivity contribution in [3.8, 4) is 17.8 Å². The Hall–Kier alpha value is -3.39. The molecule has 3 rings (SSSR count). The molecule has 32 heavy (non-hydrogen) atoms. The minimum absolute atomic E-state index is 0.117. The first-order valence-electron chi connectivity index (χ1n) is 9.66. The van der Waals surface area contributed by atoms with Crippen LogP contribution in [0.3, 0.4) is 0 Å². The Morgan fingerprint density at radius 1 is 1.41 bits per heavy atom. The Kier molecular flexibility index (Phi) is 6.84. The second-order valence-electron chi connectivity index (χ2n) is 7.43. The van der Waals surface area contributed by atoms with E-state index in [0.29, 0.717) is 12.7 Å². The number of nitrogens with zero attached hydrogens (tertiary/aromatic N) is 4. The maximum absolute atomic E-state index is 13.8. The molecule has 0 spiro atoms. The third kappa shape index (κ3) is 6.31. The number of carbonyl (C=O) groups is 1. The first kappa shape index (κ1) is 23.3. The molecule has 0 bridgehead atoms. The molecule has 168 valence electrons. The smallest absolute Gasteiger partial charge is 0.303 e. The second-order valence-corrected chi connectivity index (χ2v) is 9.61. The molecule has 1 aromatic heterocycles. The predicted octanol–water partition coefficient (Wildman–Crippen LogP) is 3.98. The van der Waals surface area contributed by atoms with Gasteiger partial charge in [-0.3, -0.25) is 4.79 Å². The van der Waals surface area contributed by atoms with Crippen LogP contribution in [-0.4, -0.2) is 32.4 Å². The molecule has 1 saturated carbocycles. The zero-order valence-electron chi connectivity index (χ0n) is 17.4. The number of rotatable bonds is 8. The van der Waals surface area contributed by atoms with E-state index in [1.54, 1.807) is 30.3 Å². The van der Waals surface area contributed by atoms with Crippen molar-refractivity contribution in [1.29, 1.82) is 5.26 Å². The normalized spacial score (nSPS) is 16.6. The Labute approximate surface area is 184 Å². The summed E-state index contributed by atoms with van der Waals surface area (Å²) < 4.78 is 48.7. The van der Waals surface area contributed by atoms with Crippen LogP contribution in [0.5, 0.6) is 11.6 Å². The van der Waals surface area contributed by atoms with Crippen LogP contribution in [-0.2, 0) is 15.7 Å². The largest absolute Gasteiger partial charge is 0.438 e. The molecule has 1 aliphatic carbocycles. The molecule has 11 heteroatoms. The summed E-state index contributed by atoms with van der Waals surface area (Å²) in [5, 5.41) is 12.7. The van der Waals surface area contributed by atoms with E-state index in [9.17, 15) is 17.8 Å². The third-order valence-corrected chi connectivity index (χ3v) is 5.64. The van der Waals surface area contributed by atoms with Gasteiger partial charge in [0.2, 0.25) is 17.9 Å². The van der Waals surface area contributed by atoms with Gasteiger partial charge in [0, 0.05) is 24.8 Å². The quantitative estimate of drug-likeness (QED) is 0.594. The Morgan fingerprint density at radius 3 is 2.69 bits per heavy atom. The first-order chi connectivity index (χ1) is 15.1. The van der Waals surface area contributed by atoms with E-state index in [1.807, 2.05) is 0 Å². The molecule has 2 unspecified atom stereocenters. The van der Waals surface area contributed by atoms with Crippen LogP contribution in [0.15, 0.2) is 52.4 Å². The third-order valence-electron chi connectivity index (χ3n) is 4.54. The molecule has 0 radical (unpaired) electrons. The van der Waals surface area contributed by atoms with Gasteiger partial charge in [-0.2, -0.15) is 19.0 Å². The van der Waals surface area contributed by atoms with Gasteiger partial charge in [-0.15, -0.1) is 4.36 Å². The number of aromatic nitrogens is 2. The number of nitriles is 1. The van der Waals surface area contributed by atoms with Gasteiger partial charge in [-0.1, -0.05) is 24.3 Å². The molecule has 1 aliphatic rings.